The molecule has 0 radical (unpaired) electrons. The number of aryl methyl sites for hydroxylation is 1. The third-order valence-corrected chi connectivity index (χ3v) is 2.31. The molecule has 1 N–H and O–H groups in total. The summed E-state index contributed by atoms with van der Waals surface area (Å²) < 4.78 is 5.12. The quantitative estimate of drug-likeness (QED) is 0.627. The van der Waals surface area contributed by atoms with Crippen LogP contribution in [0.2, 0.25) is 0 Å². The van der Waals surface area contributed by atoms with Crippen LogP contribution in [0.5, 0.6) is 0 Å². The largest absolute Gasteiger partial charge is 0.462 e. The number of rotatable bonds is 1. The third kappa shape index (κ3) is 3.06. The van der Waals surface area contributed by atoms with Crippen molar-refractivity contribution in [2.75, 3.05) is 12.4 Å². The molecule has 0 unspecified atom stereocenters. The molecule has 1 aromatic rings. The minimum atomic E-state index is -0.908. The Bertz CT molecular complexity index is 404. The average Bonchev–Trinajstić information content (AvgIpc) is 2.22. The van der Waals surface area contributed by atoms with E-state index in [0.29, 0.717) is 5.69 Å². The van der Waals surface area contributed by atoms with Gasteiger partial charge in [0.05, 0.1) is 7.11 Å². The molecule has 0 atom stereocenters. The first kappa shape index (κ1) is 11.7. The molecule has 0 spiro atoms. The first-order chi connectivity index (χ1) is 7.04. The van der Waals surface area contributed by atoms with Gasteiger partial charge in [0.2, 0.25) is 0 Å². The van der Waals surface area contributed by atoms with Crippen LogP contribution in [-0.4, -0.2) is 19.0 Å². The van der Waals surface area contributed by atoms with E-state index in [-0.39, 0.29) is 0 Å². The van der Waals surface area contributed by atoms with Gasteiger partial charge in [-0.25, -0.2) is 4.79 Å². The highest BCUT2D eigenvalue weighted by molar-refractivity contribution is 9.10. The van der Waals surface area contributed by atoms with Crippen molar-refractivity contribution in [3.63, 3.8) is 0 Å². The Morgan fingerprint density at radius 2 is 2.07 bits per heavy atom. The Labute approximate surface area is 95.7 Å². The number of amides is 1. The maximum atomic E-state index is 11.2. The van der Waals surface area contributed by atoms with Crippen LogP contribution < -0.4 is 5.32 Å². The lowest BCUT2D eigenvalue weighted by Crippen LogP contribution is -2.24. The van der Waals surface area contributed by atoms with Crippen LogP contribution in [0.4, 0.5) is 5.69 Å². The van der Waals surface area contributed by atoms with Crippen LogP contribution in [0.3, 0.4) is 0 Å². The molecule has 4 nitrogen and oxygen atoms in total. The van der Waals surface area contributed by atoms with Crippen LogP contribution in [0.25, 0.3) is 0 Å². The standard InChI is InChI=1S/C10H10BrNO3/c1-6-3-4-7(11)5-8(6)12-9(13)10(14)15-2/h3-5H,1-2H3,(H,12,13). The van der Waals surface area contributed by atoms with Gasteiger partial charge in [-0.2, -0.15) is 0 Å². The van der Waals surface area contributed by atoms with E-state index in [9.17, 15) is 9.59 Å². The molecule has 1 rings (SSSR count). The summed E-state index contributed by atoms with van der Waals surface area (Å²) in [4.78, 5) is 22.1. The van der Waals surface area contributed by atoms with Crippen molar-refractivity contribution in [2.45, 2.75) is 6.92 Å². The fourth-order valence-corrected chi connectivity index (χ4v) is 1.36. The summed E-state index contributed by atoms with van der Waals surface area (Å²) in [6.45, 7) is 1.83. The Morgan fingerprint density at radius 1 is 1.40 bits per heavy atom. The second kappa shape index (κ2) is 4.93. The fourth-order valence-electron chi connectivity index (χ4n) is 0.995. The van der Waals surface area contributed by atoms with E-state index >= 15 is 0 Å². The van der Waals surface area contributed by atoms with Gasteiger partial charge in [-0.05, 0) is 24.6 Å². The molecule has 15 heavy (non-hydrogen) atoms. The topological polar surface area (TPSA) is 55.4 Å². The summed E-state index contributed by atoms with van der Waals surface area (Å²) in [6, 6.07) is 5.40. The molecule has 0 bridgehead atoms. The molecule has 0 aliphatic carbocycles. The molecule has 5 heteroatoms. The van der Waals surface area contributed by atoms with E-state index in [1.165, 1.54) is 0 Å². The Kier molecular flexibility index (Phi) is 3.85. The molecule has 0 heterocycles. The highest BCUT2D eigenvalue weighted by atomic mass is 79.9. The molecule has 1 amide bonds. The van der Waals surface area contributed by atoms with Crippen LogP contribution >= 0.6 is 15.9 Å². The summed E-state index contributed by atoms with van der Waals surface area (Å²) in [6.07, 6.45) is 0. The maximum absolute atomic E-state index is 11.2. The first-order valence-electron chi connectivity index (χ1n) is 4.20. The number of benzene rings is 1. The second-order valence-electron chi connectivity index (χ2n) is 2.90. The smallest absolute Gasteiger partial charge is 0.396 e. The van der Waals surface area contributed by atoms with Crippen LogP contribution in [0.1, 0.15) is 5.56 Å². The Hall–Kier alpha value is -1.36. The van der Waals surface area contributed by atoms with Crippen molar-refractivity contribution in [1.29, 1.82) is 0 Å². The molecule has 0 saturated carbocycles. The van der Waals surface area contributed by atoms with Gasteiger partial charge in [-0.3, -0.25) is 4.79 Å². The predicted octanol–water partition coefficient (Wildman–Crippen LogP) is 1.87. The van der Waals surface area contributed by atoms with Gasteiger partial charge in [0.1, 0.15) is 0 Å². The molecular formula is C10H10BrNO3. The van der Waals surface area contributed by atoms with E-state index in [4.69, 9.17) is 0 Å². The highest BCUT2D eigenvalue weighted by Gasteiger charge is 2.14. The molecule has 0 aliphatic heterocycles. The predicted molar refractivity (Wildman–Crippen MR) is 59.5 cm³/mol. The van der Waals surface area contributed by atoms with E-state index in [1.807, 2.05) is 19.1 Å². The number of nitrogens with one attached hydrogen (secondary N) is 1. The summed E-state index contributed by atoms with van der Waals surface area (Å²) in [5.41, 5.74) is 1.45. The Balaban J connectivity index is 2.85. The van der Waals surface area contributed by atoms with Gasteiger partial charge in [0.15, 0.2) is 0 Å². The number of carbonyl (C=O) groups excluding carboxylic acids is 2. The number of ether oxygens (including phenoxy) is 1. The first-order valence-corrected chi connectivity index (χ1v) is 4.99. The number of carbonyl (C=O) groups is 2. The monoisotopic (exact) mass is 271 g/mol. The van der Waals surface area contributed by atoms with Crippen LogP contribution in [0.15, 0.2) is 22.7 Å². The lowest BCUT2D eigenvalue weighted by atomic mass is 10.2. The van der Waals surface area contributed by atoms with Crippen molar-refractivity contribution in [3.8, 4) is 0 Å². The van der Waals surface area contributed by atoms with Crippen molar-refractivity contribution < 1.29 is 14.3 Å². The van der Waals surface area contributed by atoms with Gasteiger partial charge in [0.25, 0.3) is 0 Å². The summed E-state index contributed by atoms with van der Waals surface area (Å²) >= 11 is 3.27. The van der Waals surface area contributed by atoms with Crippen molar-refractivity contribution >= 4 is 33.5 Å². The molecule has 0 aromatic heterocycles. The number of hydrogen-bond acceptors (Lipinski definition) is 3. The molecular weight excluding hydrogens is 262 g/mol. The fraction of sp³-hybridized carbons (Fsp3) is 0.200. The van der Waals surface area contributed by atoms with Crippen molar-refractivity contribution in [1.82, 2.24) is 0 Å². The number of hydrogen-bond donors (Lipinski definition) is 1. The minimum Gasteiger partial charge on any atom is -0.462 e. The van der Waals surface area contributed by atoms with E-state index in [1.54, 1.807) is 6.07 Å². The summed E-state index contributed by atoms with van der Waals surface area (Å²) in [7, 11) is 1.16. The lowest BCUT2D eigenvalue weighted by molar-refractivity contribution is -0.150. The summed E-state index contributed by atoms with van der Waals surface area (Å²) in [5.74, 6) is -1.69. The zero-order valence-electron chi connectivity index (χ0n) is 8.33. The SMILES string of the molecule is COC(=O)C(=O)Nc1cc(Br)ccc1C. The van der Waals surface area contributed by atoms with Gasteiger partial charge in [-0.1, -0.05) is 22.0 Å². The number of halogens is 1. The zero-order valence-corrected chi connectivity index (χ0v) is 9.92. The molecule has 0 saturated heterocycles. The molecule has 80 valence electrons. The molecule has 0 fully saturated rings. The maximum Gasteiger partial charge on any atom is 0.396 e. The van der Waals surface area contributed by atoms with E-state index < -0.39 is 11.9 Å². The number of esters is 1. The van der Waals surface area contributed by atoms with E-state index in [0.717, 1.165) is 17.1 Å². The van der Waals surface area contributed by atoms with Gasteiger partial charge >= 0.3 is 11.9 Å². The number of anilines is 1. The minimum absolute atomic E-state index is 0.583. The van der Waals surface area contributed by atoms with Crippen molar-refractivity contribution in [3.05, 3.63) is 28.2 Å². The Morgan fingerprint density at radius 3 is 2.67 bits per heavy atom. The van der Waals surface area contributed by atoms with Gasteiger partial charge in [0, 0.05) is 10.2 Å². The second-order valence-corrected chi connectivity index (χ2v) is 3.82. The van der Waals surface area contributed by atoms with Gasteiger partial charge in [-0.15, -0.1) is 0 Å². The molecule has 1 aromatic carbocycles. The zero-order chi connectivity index (χ0) is 11.4. The molecule has 0 aliphatic rings. The van der Waals surface area contributed by atoms with E-state index in [2.05, 4.69) is 26.0 Å². The van der Waals surface area contributed by atoms with Crippen LogP contribution in [0, 0.1) is 6.92 Å². The summed E-state index contributed by atoms with van der Waals surface area (Å²) in [5, 5.41) is 2.46. The normalized spacial score (nSPS) is 9.53. The average molecular weight is 272 g/mol. The van der Waals surface area contributed by atoms with Crippen LogP contribution in [-0.2, 0) is 14.3 Å². The third-order valence-electron chi connectivity index (χ3n) is 1.82. The number of methoxy groups -OCH3 is 1. The van der Waals surface area contributed by atoms with Crippen molar-refractivity contribution in [2.24, 2.45) is 0 Å². The van der Waals surface area contributed by atoms with Gasteiger partial charge < -0.3 is 10.1 Å². The highest BCUT2D eigenvalue weighted by Crippen LogP contribution is 2.20. The lowest BCUT2D eigenvalue weighted by Gasteiger charge is -2.07.